The maximum atomic E-state index is 12.3. The molecule has 0 aromatic heterocycles. The molecule has 1 N–H and O–H groups in total. The van der Waals surface area contributed by atoms with E-state index < -0.39 is 0 Å². The molecule has 2 aromatic rings. The van der Waals surface area contributed by atoms with Gasteiger partial charge in [-0.05, 0) is 44.7 Å². The lowest BCUT2D eigenvalue weighted by Gasteiger charge is -2.23. The molecule has 23 heavy (non-hydrogen) atoms. The van der Waals surface area contributed by atoms with Crippen LogP contribution in [-0.2, 0) is 4.79 Å². The second kappa shape index (κ2) is 8.75. The van der Waals surface area contributed by atoms with Crippen molar-refractivity contribution in [1.82, 2.24) is 4.90 Å². The Balaban J connectivity index is 2.04. The number of nitrogens with one attached hydrogen (secondary N) is 1. The summed E-state index contributed by atoms with van der Waals surface area (Å²) in [5, 5.41) is 3.04. The molecule has 122 valence electrons. The zero-order chi connectivity index (χ0) is 16.7. The highest BCUT2D eigenvalue weighted by Gasteiger charge is 2.13. The number of likely N-dealkylation sites (N-methyl/N-ethyl adjacent to an activating group) is 1. The third-order valence-corrected chi connectivity index (χ3v) is 4.95. The number of rotatable bonds is 7. The second-order valence-electron chi connectivity index (χ2n) is 5.63. The van der Waals surface area contributed by atoms with Crippen LogP contribution in [0.15, 0.2) is 64.4 Å². The molecule has 0 saturated heterocycles. The molecule has 4 heteroatoms. The van der Waals surface area contributed by atoms with Crippen molar-refractivity contribution in [2.75, 3.05) is 18.9 Å². The van der Waals surface area contributed by atoms with E-state index in [4.69, 9.17) is 0 Å². The average Bonchev–Trinajstić information content (AvgIpc) is 2.56. The molecule has 0 fully saturated rings. The summed E-state index contributed by atoms with van der Waals surface area (Å²) in [6.45, 7) is 4.66. The fourth-order valence-corrected chi connectivity index (χ4v) is 3.08. The van der Waals surface area contributed by atoms with Crippen molar-refractivity contribution in [3.05, 3.63) is 54.6 Å². The third-order valence-electron chi connectivity index (χ3n) is 3.87. The first-order valence-corrected chi connectivity index (χ1v) is 8.73. The fraction of sp³-hybridized carbons (Fsp3) is 0.316. The average molecular weight is 328 g/mol. The quantitative estimate of drug-likeness (QED) is 0.812. The molecule has 1 unspecified atom stereocenters. The summed E-state index contributed by atoms with van der Waals surface area (Å²) >= 11 is 1.66. The van der Waals surface area contributed by atoms with Crippen molar-refractivity contribution < 1.29 is 4.79 Å². The van der Waals surface area contributed by atoms with E-state index in [1.54, 1.807) is 11.8 Å². The Morgan fingerprint density at radius 2 is 1.78 bits per heavy atom. The van der Waals surface area contributed by atoms with Gasteiger partial charge < -0.3 is 5.32 Å². The Labute approximate surface area is 143 Å². The molecular weight excluding hydrogens is 304 g/mol. The van der Waals surface area contributed by atoms with E-state index in [1.807, 2.05) is 49.5 Å². The Morgan fingerprint density at radius 1 is 1.13 bits per heavy atom. The summed E-state index contributed by atoms with van der Waals surface area (Å²) in [6.07, 6.45) is 1.03. The Kier molecular flexibility index (Phi) is 6.68. The highest BCUT2D eigenvalue weighted by molar-refractivity contribution is 7.99. The molecule has 0 aliphatic rings. The zero-order valence-corrected chi connectivity index (χ0v) is 14.8. The van der Waals surface area contributed by atoms with Crippen molar-refractivity contribution in [3.63, 3.8) is 0 Å². The first-order valence-electron chi connectivity index (χ1n) is 7.92. The van der Waals surface area contributed by atoms with Gasteiger partial charge in [-0.15, -0.1) is 0 Å². The number of carbonyl (C=O) groups excluding carboxylic acids is 1. The maximum Gasteiger partial charge on any atom is 0.238 e. The number of hydrogen-bond donors (Lipinski definition) is 1. The summed E-state index contributed by atoms with van der Waals surface area (Å²) in [4.78, 5) is 16.6. The molecular formula is C19H24N2OS. The van der Waals surface area contributed by atoms with Crippen molar-refractivity contribution in [2.45, 2.75) is 36.1 Å². The van der Waals surface area contributed by atoms with Crippen LogP contribution in [0.5, 0.6) is 0 Å². The number of amides is 1. The first kappa shape index (κ1) is 17.6. The molecule has 0 spiro atoms. The lowest BCUT2D eigenvalue weighted by atomic mass is 10.2. The van der Waals surface area contributed by atoms with Crippen LogP contribution in [0.25, 0.3) is 0 Å². The van der Waals surface area contributed by atoms with Crippen LogP contribution in [0.4, 0.5) is 5.69 Å². The number of carbonyl (C=O) groups is 1. The van der Waals surface area contributed by atoms with E-state index in [0.717, 1.165) is 21.9 Å². The van der Waals surface area contributed by atoms with Gasteiger partial charge in [0.05, 0.1) is 12.2 Å². The predicted molar refractivity (Wildman–Crippen MR) is 98.0 cm³/mol. The van der Waals surface area contributed by atoms with Crippen LogP contribution in [0.2, 0.25) is 0 Å². The van der Waals surface area contributed by atoms with E-state index in [1.165, 1.54) is 0 Å². The first-order chi connectivity index (χ1) is 11.1. The Hall–Kier alpha value is -1.78. The maximum absolute atomic E-state index is 12.3. The standard InChI is InChI=1S/C19H24N2OS/c1-4-15(2)21(3)14-19(22)20-17-12-8-9-13-18(17)23-16-10-6-5-7-11-16/h5-13,15H,4,14H2,1-3H3,(H,20,22). The smallest absolute Gasteiger partial charge is 0.238 e. The molecule has 0 bridgehead atoms. The van der Waals surface area contributed by atoms with Crippen LogP contribution in [0.1, 0.15) is 20.3 Å². The van der Waals surface area contributed by atoms with Gasteiger partial charge in [0.15, 0.2) is 0 Å². The van der Waals surface area contributed by atoms with Gasteiger partial charge in [-0.1, -0.05) is 49.0 Å². The third kappa shape index (κ3) is 5.41. The molecule has 0 aliphatic carbocycles. The minimum Gasteiger partial charge on any atom is -0.324 e. The zero-order valence-electron chi connectivity index (χ0n) is 14.0. The van der Waals surface area contributed by atoms with Crippen molar-refractivity contribution in [3.8, 4) is 0 Å². The van der Waals surface area contributed by atoms with E-state index in [2.05, 4.69) is 36.2 Å². The highest BCUT2D eigenvalue weighted by atomic mass is 32.2. The van der Waals surface area contributed by atoms with Crippen LogP contribution < -0.4 is 5.32 Å². The van der Waals surface area contributed by atoms with Crippen LogP contribution in [0.3, 0.4) is 0 Å². The molecule has 0 radical (unpaired) electrons. The van der Waals surface area contributed by atoms with E-state index in [-0.39, 0.29) is 5.91 Å². The van der Waals surface area contributed by atoms with Gasteiger partial charge in [0.2, 0.25) is 5.91 Å². The SMILES string of the molecule is CCC(C)N(C)CC(=O)Nc1ccccc1Sc1ccccc1. The lowest BCUT2D eigenvalue weighted by Crippen LogP contribution is -2.36. The molecule has 3 nitrogen and oxygen atoms in total. The number of anilines is 1. The Morgan fingerprint density at radius 3 is 2.48 bits per heavy atom. The topological polar surface area (TPSA) is 32.3 Å². The predicted octanol–water partition coefficient (Wildman–Crippen LogP) is 4.51. The molecule has 2 rings (SSSR count). The molecule has 0 heterocycles. The van der Waals surface area contributed by atoms with Crippen LogP contribution >= 0.6 is 11.8 Å². The van der Waals surface area contributed by atoms with Crippen molar-refractivity contribution in [2.24, 2.45) is 0 Å². The van der Waals surface area contributed by atoms with Gasteiger partial charge in [-0.2, -0.15) is 0 Å². The minimum atomic E-state index is 0.0221. The van der Waals surface area contributed by atoms with Gasteiger partial charge in [0.25, 0.3) is 0 Å². The van der Waals surface area contributed by atoms with Crippen LogP contribution in [-0.4, -0.2) is 30.4 Å². The summed E-state index contributed by atoms with van der Waals surface area (Å²) in [5.41, 5.74) is 0.865. The van der Waals surface area contributed by atoms with E-state index in [0.29, 0.717) is 12.6 Å². The van der Waals surface area contributed by atoms with E-state index in [9.17, 15) is 4.79 Å². The van der Waals surface area contributed by atoms with Gasteiger partial charge in [-0.25, -0.2) is 0 Å². The monoisotopic (exact) mass is 328 g/mol. The fourth-order valence-electron chi connectivity index (χ4n) is 2.16. The molecule has 0 saturated carbocycles. The Bertz CT molecular complexity index is 630. The van der Waals surface area contributed by atoms with Gasteiger partial charge in [0.1, 0.15) is 0 Å². The largest absolute Gasteiger partial charge is 0.324 e. The second-order valence-corrected chi connectivity index (χ2v) is 6.75. The summed E-state index contributed by atoms with van der Waals surface area (Å²) in [6, 6.07) is 18.5. The number of benzene rings is 2. The summed E-state index contributed by atoms with van der Waals surface area (Å²) in [7, 11) is 1.98. The highest BCUT2D eigenvalue weighted by Crippen LogP contribution is 2.33. The van der Waals surface area contributed by atoms with Gasteiger partial charge in [-0.3, -0.25) is 9.69 Å². The van der Waals surface area contributed by atoms with Crippen molar-refractivity contribution in [1.29, 1.82) is 0 Å². The van der Waals surface area contributed by atoms with Crippen molar-refractivity contribution >= 4 is 23.4 Å². The summed E-state index contributed by atoms with van der Waals surface area (Å²) in [5.74, 6) is 0.0221. The molecule has 0 aliphatic heterocycles. The minimum absolute atomic E-state index is 0.0221. The van der Waals surface area contributed by atoms with Gasteiger partial charge >= 0.3 is 0 Å². The number of hydrogen-bond acceptors (Lipinski definition) is 3. The normalized spacial score (nSPS) is 12.2. The lowest BCUT2D eigenvalue weighted by molar-refractivity contribution is -0.117. The summed E-state index contributed by atoms with van der Waals surface area (Å²) < 4.78 is 0. The van der Waals surface area contributed by atoms with Crippen LogP contribution in [0, 0.1) is 0 Å². The van der Waals surface area contributed by atoms with E-state index >= 15 is 0 Å². The van der Waals surface area contributed by atoms with Gasteiger partial charge in [0, 0.05) is 15.8 Å². The molecule has 1 amide bonds. The number of nitrogens with zero attached hydrogens (tertiary/aromatic N) is 1. The molecule has 2 aromatic carbocycles. The number of para-hydroxylation sites is 1. The molecule has 1 atom stereocenters.